The first kappa shape index (κ1) is 10.7. The van der Waals surface area contributed by atoms with E-state index in [0.717, 1.165) is 5.56 Å². The molecule has 1 unspecified atom stereocenters. The van der Waals surface area contributed by atoms with Crippen LogP contribution in [0.2, 0.25) is 0 Å². The quantitative estimate of drug-likeness (QED) is 0.701. The first-order valence-electron chi connectivity index (χ1n) is 4.63. The fourth-order valence-electron chi connectivity index (χ4n) is 1.32. The van der Waals surface area contributed by atoms with E-state index in [0.29, 0.717) is 19.3 Å². The Morgan fingerprint density at radius 2 is 2.07 bits per heavy atom. The zero-order chi connectivity index (χ0) is 10.2. The van der Waals surface area contributed by atoms with Crippen LogP contribution in [0, 0.1) is 0 Å². The van der Waals surface area contributed by atoms with Crippen molar-refractivity contribution in [3.05, 3.63) is 35.9 Å². The van der Waals surface area contributed by atoms with Gasteiger partial charge >= 0.3 is 0 Å². The van der Waals surface area contributed by atoms with Gasteiger partial charge in [0.25, 0.3) is 6.47 Å². The van der Waals surface area contributed by atoms with Gasteiger partial charge in [-0.3, -0.25) is 4.79 Å². The van der Waals surface area contributed by atoms with Crippen molar-refractivity contribution in [1.29, 1.82) is 0 Å². The molecule has 1 aromatic carbocycles. The Hall–Kier alpha value is -1.35. The number of aliphatic hydroxyl groups is 1. The third kappa shape index (κ3) is 3.18. The molecular weight excluding hydrogens is 180 g/mol. The highest BCUT2D eigenvalue weighted by Gasteiger charge is 2.10. The third-order valence-corrected chi connectivity index (χ3v) is 2.02. The summed E-state index contributed by atoms with van der Waals surface area (Å²) in [5, 5.41) is 8.69. The molecule has 0 aliphatic rings. The van der Waals surface area contributed by atoms with E-state index < -0.39 is 0 Å². The van der Waals surface area contributed by atoms with Gasteiger partial charge in [0.15, 0.2) is 0 Å². The zero-order valence-electron chi connectivity index (χ0n) is 7.93. The molecule has 1 N–H and O–H groups in total. The first-order chi connectivity index (χ1) is 6.88. The van der Waals surface area contributed by atoms with Crippen molar-refractivity contribution in [1.82, 2.24) is 0 Å². The standard InChI is InChI=1S/C11H14O3/c12-8-4-7-11(14-9-13)10-5-2-1-3-6-10/h1-3,5-6,9,11-12H,4,7-8H2. The van der Waals surface area contributed by atoms with E-state index in [2.05, 4.69) is 0 Å². The smallest absolute Gasteiger partial charge is 0.293 e. The summed E-state index contributed by atoms with van der Waals surface area (Å²) in [7, 11) is 0. The van der Waals surface area contributed by atoms with Crippen molar-refractivity contribution < 1.29 is 14.6 Å². The van der Waals surface area contributed by atoms with Crippen LogP contribution in [-0.4, -0.2) is 18.2 Å². The predicted molar refractivity (Wildman–Crippen MR) is 52.7 cm³/mol. The second-order valence-electron chi connectivity index (χ2n) is 3.00. The average Bonchev–Trinajstić information content (AvgIpc) is 2.25. The van der Waals surface area contributed by atoms with Crippen molar-refractivity contribution in [3.8, 4) is 0 Å². The Morgan fingerprint density at radius 3 is 2.64 bits per heavy atom. The normalized spacial score (nSPS) is 12.1. The first-order valence-corrected chi connectivity index (χ1v) is 4.63. The van der Waals surface area contributed by atoms with Crippen LogP contribution in [-0.2, 0) is 9.53 Å². The van der Waals surface area contributed by atoms with E-state index in [-0.39, 0.29) is 12.7 Å². The van der Waals surface area contributed by atoms with Crippen molar-refractivity contribution in [2.24, 2.45) is 0 Å². The molecule has 76 valence electrons. The molecule has 0 saturated carbocycles. The largest absolute Gasteiger partial charge is 0.460 e. The van der Waals surface area contributed by atoms with Crippen molar-refractivity contribution in [2.45, 2.75) is 18.9 Å². The Morgan fingerprint density at radius 1 is 1.36 bits per heavy atom. The average molecular weight is 194 g/mol. The van der Waals surface area contributed by atoms with Crippen LogP contribution in [0.5, 0.6) is 0 Å². The minimum absolute atomic E-state index is 0.117. The zero-order valence-corrected chi connectivity index (χ0v) is 7.93. The SMILES string of the molecule is O=COC(CCCO)c1ccccc1. The second kappa shape index (κ2) is 6.16. The number of hydrogen-bond acceptors (Lipinski definition) is 3. The molecule has 3 heteroatoms. The summed E-state index contributed by atoms with van der Waals surface area (Å²) in [5.74, 6) is 0. The van der Waals surface area contributed by atoms with Gasteiger partial charge in [-0.15, -0.1) is 0 Å². The number of carbonyl (C=O) groups excluding carboxylic acids is 1. The molecular formula is C11H14O3. The van der Waals surface area contributed by atoms with Crippen LogP contribution in [0.1, 0.15) is 24.5 Å². The summed E-state index contributed by atoms with van der Waals surface area (Å²) in [6.07, 6.45) is 1.05. The van der Waals surface area contributed by atoms with Crippen molar-refractivity contribution >= 4 is 6.47 Å². The molecule has 0 aromatic heterocycles. The fraction of sp³-hybridized carbons (Fsp3) is 0.364. The van der Waals surface area contributed by atoms with Gasteiger partial charge in [0.2, 0.25) is 0 Å². The Labute approximate surface area is 83.3 Å². The minimum atomic E-state index is -0.235. The van der Waals surface area contributed by atoms with Gasteiger partial charge in [0.05, 0.1) is 0 Å². The summed E-state index contributed by atoms with van der Waals surface area (Å²) in [6, 6.07) is 9.52. The summed E-state index contributed by atoms with van der Waals surface area (Å²) < 4.78 is 4.94. The van der Waals surface area contributed by atoms with Crippen molar-refractivity contribution in [3.63, 3.8) is 0 Å². The molecule has 14 heavy (non-hydrogen) atoms. The molecule has 1 aromatic rings. The Kier molecular flexibility index (Phi) is 4.72. The number of rotatable bonds is 6. The highest BCUT2D eigenvalue weighted by Crippen LogP contribution is 2.21. The molecule has 0 aliphatic heterocycles. The molecule has 0 bridgehead atoms. The molecule has 0 spiro atoms. The summed E-state index contributed by atoms with van der Waals surface area (Å²) >= 11 is 0. The molecule has 0 aliphatic carbocycles. The molecule has 0 radical (unpaired) electrons. The molecule has 0 heterocycles. The highest BCUT2D eigenvalue weighted by molar-refractivity contribution is 5.38. The van der Waals surface area contributed by atoms with Crippen LogP contribution in [0.25, 0.3) is 0 Å². The topological polar surface area (TPSA) is 46.5 Å². The van der Waals surface area contributed by atoms with Crippen LogP contribution < -0.4 is 0 Å². The Bertz CT molecular complexity index is 258. The Balaban J connectivity index is 2.62. The summed E-state index contributed by atoms with van der Waals surface area (Å²) in [6.45, 7) is 0.570. The lowest BCUT2D eigenvalue weighted by Crippen LogP contribution is -2.04. The number of hydrogen-bond donors (Lipinski definition) is 1. The number of benzene rings is 1. The molecule has 0 amide bonds. The van der Waals surface area contributed by atoms with Crippen LogP contribution in [0.3, 0.4) is 0 Å². The maximum atomic E-state index is 10.3. The molecule has 0 saturated heterocycles. The number of ether oxygens (including phenoxy) is 1. The minimum Gasteiger partial charge on any atom is -0.460 e. The molecule has 1 rings (SSSR count). The summed E-state index contributed by atoms with van der Waals surface area (Å²) in [5.41, 5.74) is 0.966. The number of aliphatic hydroxyl groups excluding tert-OH is 1. The van der Waals surface area contributed by atoms with E-state index in [1.54, 1.807) is 0 Å². The van der Waals surface area contributed by atoms with Gasteiger partial charge in [-0.1, -0.05) is 30.3 Å². The maximum Gasteiger partial charge on any atom is 0.293 e. The lowest BCUT2D eigenvalue weighted by molar-refractivity contribution is -0.134. The van der Waals surface area contributed by atoms with Gasteiger partial charge < -0.3 is 9.84 Å². The number of carbonyl (C=O) groups is 1. The van der Waals surface area contributed by atoms with Gasteiger partial charge in [-0.2, -0.15) is 0 Å². The van der Waals surface area contributed by atoms with E-state index >= 15 is 0 Å². The highest BCUT2D eigenvalue weighted by atomic mass is 16.5. The molecule has 0 fully saturated rings. The lowest BCUT2D eigenvalue weighted by Gasteiger charge is -2.14. The van der Waals surface area contributed by atoms with E-state index in [4.69, 9.17) is 9.84 Å². The van der Waals surface area contributed by atoms with Gasteiger partial charge in [0, 0.05) is 6.61 Å². The van der Waals surface area contributed by atoms with Gasteiger partial charge in [-0.25, -0.2) is 0 Å². The fourth-order valence-corrected chi connectivity index (χ4v) is 1.32. The van der Waals surface area contributed by atoms with Gasteiger partial charge in [0.1, 0.15) is 6.10 Å². The molecule has 3 nitrogen and oxygen atoms in total. The van der Waals surface area contributed by atoms with Crippen molar-refractivity contribution in [2.75, 3.05) is 6.61 Å². The lowest BCUT2D eigenvalue weighted by atomic mass is 10.1. The summed E-state index contributed by atoms with van der Waals surface area (Å²) in [4.78, 5) is 10.3. The van der Waals surface area contributed by atoms with Gasteiger partial charge in [-0.05, 0) is 18.4 Å². The van der Waals surface area contributed by atoms with Crippen LogP contribution >= 0.6 is 0 Å². The van der Waals surface area contributed by atoms with E-state index in [1.165, 1.54) is 0 Å². The van der Waals surface area contributed by atoms with Crippen LogP contribution in [0.15, 0.2) is 30.3 Å². The predicted octanol–water partition coefficient (Wildman–Crippen LogP) is 1.67. The molecule has 1 atom stereocenters. The monoisotopic (exact) mass is 194 g/mol. The van der Waals surface area contributed by atoms with E-state index in [1.807, 2.05) is 30.3 Å². The van der Waals surface area contributed by atoms with E-state index in [9.17, 15) is 4.79 Å². The van der Waals surface area contributed by atoms with Crippen LogP contribution in [0.4, 0.5) is 0 Å². The second-order valence-corrected chi connectivity index (χ2v) is 3.00. The third-order valence-electron chi connectivity index (χ3n) is 2.02. The maximum absolute atomic E-state index is 10.3.